The second-order valence-corrected chi connectivity index (χ2v) is 3.21. The van der Waals surface area contributed by atoms with E-state index in [1.807, 2.05) is 6.07 Å². The van der Waals surface area contributed by atoms with Gasteiger partial charge in [-0.1, -0.05) is 19.9 Å². The van der Waals surface area contributed by atoms with Crippen LogP contribution in [0.15, 0.2) is 18.2 Å². The lowest BCUT2D eigenvalue weighted by Crippen LogP contribution is -2.15. The molecule has 1 aromatic carbocycles. The van der Waals surface area contributed by atoms with Crippen LogP contribution in [-0.2, 0) is 6.42 Å². The van der Waals surface area contributed by atoms with Crippen molar-refractivity contribution >= 4 is 0 Å². The minimum atomic E-state index is -0.0814. The van der Waals surface area contributed by atoms with Gasteiger partial charge in [0, 0.05) is 6.42 Å². The molecule has 1 heterocycles. The van der Waals surface area contributed by atoms with Crippen molar-refractivity contribution in [1.29, 1.82) is 0 Å². The van der Waals surface area contributed by atoms with Crippen molar-refractivity contribution in [1.82, 2.24) is 0 Å². The average molecular weight is 178 g/mol. The summed E-state index contributed by atoms with van der Waals surface area (Å²) in [4.78, 5) is 0. The first-order valence-corrected chi connectivity index (χ1v) is 4.79. The summed E-state index contributed by atoms with van der Waals surface area (Å²) in [6.45, 7) is 4.19. The van der Waals surface area contributed by atoms with Gasteiger partial charge in [0.15, 0.2) is 11.5 Å². The van der Waals surface area contributed by atoms with Gasteiger partial charge in [-0.25, -0.2) is 0 Å². The third-order valence-corrected chi connectivity index (χ3v) is 2.27. The topological polar surface area (TPSA) is 18.5 Å². The third-order valence-electron chi connectivity index (χ3n) is 2.27. The molecule has 1 atom stereocenters. The second kappa shape index (κ2) is 3.29. The summed E-state index contributed by atoms with van der Waals surface area (Å²) in [7, 11) is 0. The van der Waals surface area contributed by atoms with Gasteiger partial charge in [-0.15, -0.1) is 0 Å². The van der Waals surface area contributed by atoms with E-state index in [0.717, 1.165) is 24.3 Å². The molecule has 0 bridgehead atoms. The molecule has 0 aliphatic carbocycles. The molecular weight excluding hydrogens is 164 g/mol. The van der Waals surface area contributed by atoms with Crippen LogP contribution in [0, 0.1) is 0 Å². The Labute approximate surface area is 78.5 Å². The number of aryl methyl sites for hydroxylation is 1. The SMILES string of the molecule is CCc1ccc2c(c1)OC(CC)O2. The number of hydrogen-bond donors (Lipinski definition) is 0. The van der Waals surface area contributed by atoms with Crippen molar-refractivity contribution < 1.29 is 9.47 Å². The molecule has 0 amide bonds. The van der Waals surface area contributed by atoms with Crippen LogP contribution in [-0.4, -0.2) is 6.29 Å². The lowest BCUT2D eigenvalue weighted by atomic mass is 10.1. The molecule has 0 aromatic heterocycles. The van der Waals surface area contributed by atoms with E-state index in [9.17, 15) is 0 Å². The first-order valence-electron chi connectivity index (χ1n) is 4.79. The van der Waals surface area contributed by atoms with E-state index in [2.05, 4.69) is 26.0 Å². The number of rotatable bonds is 2. The largest absolute Gasteiger partial charge is 0.451 e. The molecule has 2 nitrogen and oxygen atoms in total. The van der Waals surface area contributed by atoms with Crippen LogP contribution in [0.1, 0.15) is 25.8 Å². The monoisotopic (exact) mass is 178 g/mol. The zero-order chi connectivity index (χ0) is 9.26. The lowest BCUT2D eigenvalue weighted by Gasteiger charge is -2.04. The van der Waals surface area contributed by atoms with Crippen molar-refractivity contribution in [2.75, 3.05) is 0 Å². The predicted molar refractivity (Wildman–Crippen MR) is 51.2 cm³/mol. The maximum atomic E-state index is 5.58. The van der Waals surface area contributed by atoms with Gasteiger partial charge < -0.3 is 9.47 Å². The molecule has 1 aromatic rings. The smallest absolute Gasteiger partial charge is 0.241 e. The summed E-state index contributed by atoms with van der Waals surface area (Å²) in [6.07, 6.45) is 1.84. The molecular formula is C11H14O2. The molecule has 2 rings (SSSR count). The van der Waals surface area contributed by atoms with E-state index in [4.69, 9.17) is 9.47 Å². The Kier molecular flexibility index (Phi) is 2.13. The van der Waals surface area contributed by atoms with Gasteiger partial charge in [0.05, 0.1) is 0 Å². The minimum absolute atomic E-state index is 0.0814. The van der Waals surface area contributed by atoms with Crippen LogP contribution < -0.4 is 9.47 Å². The summed E-state index contributed by atoms with van der Waals surface area (Å²) in [6, 6.07) is 6.13. The summed E-state index contributed by atoms with van der Waals surface area (Å²) in [5, 5.41) is 0. The quantitative estimate of drug-likeness (QED) is 0.693. The highest BCUT2D eigenvalue weighted by molar-refractivity contribution is 5.44. The van der Waals surface area contributed by atoms with Crippen LogP contribution in [0.3, 0.4) is 0 Å². The van der Waals surface area contributed by atoms with E-state index in [0.29, 0.717) is 0 Å². The van der Waals surface area contributed by atoms with E-state index in [-0.39, 0.29) is 6.29 Å². The van der Waals surface area contributed by atoms with Crippen molar-refractivity contribution in [2.45, 2.75) is 33.0 Å². The first-order chi connectivity index (χ1) is 6.33. The normalized spacial score (nSPS) is 19.1. The van der Waals surface area contributed by atoms with Crippen LogP contribution >= 0.6 is 0 Å². The van der Waals surface area contributed by atoms with Gasteiger partial charge in [-0.05, 0) is 24.1 Å². The van der Waals surface area contributed by atoms with Crippen LogP contribution in [0.2, 0.25) is 0 Å². The summed E-state index contributed by atoms with van der Waals surface area (Å²) < 4.78 is 11.1. The molecule has 2 heteroatoms. The number of ether oxygens (including phenoxy) is 2. The molecule has 0 saturated carbocycles. The Bertz CT molecular complexity index is 307. The molecule has 13 heavy (non-hydrogen) atoms. The maximum Gasteiger partial charge on any atom is 0.241 e. The Balaban J connectivity index is 2.25. The molecule has 0 fully saturated rings. The highest BCUT2D eigenvalue weighted by Gasteiger charge is 2.21. The summed E-state index contributed by atoms with van der Waals surface area (Å²) >= 11 is 0. The zero-order valence-corrected chi connectivity index (χ0v) is 8.04. The zero-order valence-electron chi connectivity index (χ0n) is 8.04. The lowest BCUT2D eigenvalue weighted by molar-refractivity contribution is 0.0464. The number of benzene rings is 1. The molecule has 1 unspecified atom stereocenters. The van der Waals surface area contributed by atoms with E-state index in [1.165, 1.54) is 5.56 Å². The van der Waals surface area contributed by atoms with Gasteiger partial charge in [-0.3, -0.25) is 0 Å². The Hall–Kier alpha value is -1.18. The van der Waals surface area contributed by atoms with Gasteiger partial charge in [0.2, 0.25) is 6.29 Å². The molecule has 1 aliphatic heterocycles. The van der Waals surface area contributed by atoms with Crippen LogP contribution in [0.25, 0.3) is 0 Å². The Morgan fingerprint density at radius 3 is 2.62 bits per heavy atom. The first kappa shape index (κ1) is 8.42. The third kappa shape index (κ3) is 1.48. The van der Waals surface area contributed by atoms with Gasteiger partial charge in [0.25, 0.3) is 0 Å². The summed E-state index contributed by atoms with van der Waals surface area (Å²) in [5.41, 5.74) is 1.29. The van der Waals surface area contributed by atoms with Crippen molar-refractivity contribution in [3.05, 3.63) is 23.8 Å². The fraction of sp³-hybridized carbons (Fsp3) is 0.455. The molecule has 70 valence electrons. The fourth-order valence-electron chi connectivity index (χ4n) is 1.44. The number of hydrogen-bond acceptors (Lipinski definition) is 2. The van der Waals surface area contributed by atoms with Crippen LogP contribution in [0.5, 0.6) is 11.5 Å². The van der Waals surface area contributed by atoms with Crippen molar-refractivity contribution in [3.63, 3.8) is 0 Å². The molecule has 0 saturated heterocycles. The molecule has 0 radical (unpaired) electrons. The van der Waals surface area contributed by atoms with Crippen molar-refractivity contribution in [2.24, 2.45) is 0 Å². The van der Waals surface area contributed by atoms with Crippen LogP contribution in [0.4, 0.5) is 0 Å². The maximum absolute atomic E-state index is 5.58. The highest BCUT2D eigenvalue weighted by Crippen LogP contribution is 2.36. The van der Waals surface area contributed by atoms with E-state index >= 15 is 0 Å². The second-order valence-electron chi connectivity index (χ2n) is 3.21. The van der Waals surface area contributed by atoms with Gasteiger partial charge in [0.1, 0.15) is 0 Å². The number of fused-ring (bicyclic) bond motifs is 1. The van der Waals surface area contributed by atoms with Gasteiger partial charge >= 0.3 is 0 Å². The Morgan fingerprint density at radius 2 is 1.92 bits per heavy atom. The fourth-order valence-corrected chi connectivity index (χ4v) is 1.44. The predicted octanol–water partition coefficient (Wildman–Crippen LogP) is 2.76. The van der Waals surface area contributed by atoms with E-state index in [1.54, 1.807) is 0 Å². The summed E-state index contributed by atoms with van der Waals surface area (Å²) in [5.74, 6) is 1.77. The Morgan fingerprint density at radius 1 is 1.15 bits per heavy atom. The molecule has 0 spiro atoms. The average Bonchev–Trinajstić information content (AvgIpc) is 2.58. The van der Waals surface area contributed by atoms with Crippen molar-refractivity contribution in [3.8, 4) is 11.5 Å². The molecule has 1 aliphatic rings. The van der Waals surface area contributed by atoms with Gasteiger partial charge in [-0.2, -0.15) is 0 Å². The minimum Gasteiger partial charge on any atom is -0.451 e. The van der Waals surface area contributed by atoms with E-state index < -0.39 is 0 Å². The standard InChI is InChI=1S/C11H14O2/c1-3-8-5-6-9-10(7-8)13-11(4-2)12-9/h5-7,11H,3-4H2,1-2H3. The molecule has 0 N–H and O–H groups in total. The highest BCUT2D eigenvalue weighted by atomic mass is 16.7.